The molecule has 1 aliphatic rings. The Morgan fingerprint density at radius 2 is 2.16 bits per heavy atom. The highest BCUT2D eigenvalue weighted by atomic mass is 16.2. The van der Waals surface area contributed by atoms with Crippen LogP contribution in [0.2, 0.25) is 0 Å². The summed E-state index contributed by atoms with van der Waals surface area (Å²) in [7, 11) is 0. The number of nitrogens with one attached hydrogen (secondary N) is 1. The van der Waals surface area contributed by atoms with Crippen LogP contribution in [0.1, 0.15) is 21.6 Å². The number of carbonyl (C=O) groups excluding carboxylic acids is 1. The third-order valence-corrected chi connectivity index (χ3v) is 3.27. The van der Waals surface area contributed by atoms with Crippen molar-refractivity contribution in [3.05, 3.63) is 57.5 Å². The Hall–Kier alpha value is -2.43. The predicted octanol–water partition coefficient (Wildman–Crippen LogP) is 1.28. The lowest BCUT2D eigenvalue weighted by Gasteiger charge is -2.16. The standard InChI is InChI=1S/C14H13N3O2/c1-9-2-4-12-10(8-9)6-7-17(12)14(19)11-3-5-13(18)16-15-11/h2-5,8H,6-7H2,1H3,(H,16,18). The SMILES string of the molecule is Cc1ccc2c(c1)CCN2C(=O)c1ccc(=O)[nH]n1. The number of fused-ring (bicyclic) bond motifs is 1. The predicted molar refractivity (Wildman–Crippen MR) is 71.4 cm³/mol. The molecule has 19 heavy (non-hydrogen) atoms. The lowest BCUT2D eigenvalue weighted by Crippen LogP contribution is -2.30. The number of aromatic nitrogens is 2. The van der Waals surface area contributed by atoms with E-state index in [1.807, 2.05) is 19.1 Å². The van der Waals surface area contributed by atoms with Crippen LogP contribution in [0.4, 0.5) is 5.69 Å². The normalized spacial score (nSPS) is 13.4. The minimum absolute atomic E-state index is 0.182. The highest BCUT2D eigenvalue weighted by Crippen LogP contribution is 2.29. The van der Waals surface area contributed by atoms with Crippen LogP contribution >= 0.6 is 0 Å². The molecule has 5 heteroatoms. The Balaban J connectivity index is 1.95. The van der Waals surface area contributed by atoms with Crippen LogP contribution in [0, 0.1) is 6.92 Å². The van der Waals surface area contributed by atoms with Crippen molar-refractivity contribution in [2.24, 2.45) is 0 Å². The minimum atomic E-state index is -0.311. The first-order valence-corrected chi connectivity index (χ1v) is 6.12. The summed E-state index contributed by atoms with van der Waals surface area (Å²) in [6, 6.07) is 8.81. The fourth-order valence-electron chi connectivity index (χ4n) is 2.34. The van der Waals surface area contributed by atoms with E-state index >= 15 is 0 Å². The second-order valence-electron chi connectivity index (χ2n) is 4.65. The van der Waals surface area contributed by atoms with Gasteiger partial charge >= 0.3 is 0 Å². The summed E-state index contributed by atoms with van der Waals surface area (Å²) in [5.41, 5.74) is 3.25. The van der Waals surface area contributed by atoms with Crippen LogP contribution < -0.4 is 10.5 Å². The highest BCUT2D eigenvalue weighted by molar-refractivity contribution is 6.05. The number of anilines is 1. The van der Waals surface area contributed by atoms with E-state index in [0.717, 1.165) is 12.1 Å². The second kappa shape index (κ2) is 4.35. The molecule has 0 saturated heterocycles. The van der Waals surface area contributed by atoms with E-state index in [1.165, 1.54) is 23.3 Å². The van der Waals surface area contributed by atoms with E-state index < -0.39 is 0 Å². The van der Waals surface area contributed by atoms with Crippen molar-refractivity contribution >= 4 is 11.6 Å². The molecular formula is C14H13N3O2. The summed E-state index contributed by atoms with van der Waals surface area (Å²) < 4.78 is 0. The molecule has 0 atom stereocenters. The van der Waals surface area contributed by atoms with Gasteiger partial charge in [0, 0.05) is 18.3 Å². The van der Waals surface area contributed by atoms with E-state index in [4.69, 9.17) is 0 Å². The molecule has 1 aromatic carbocycles. The van der Waals surface area contributed by atoms with Crippen LogP contribution in [-0.4, -0.2) is 22.6 Å². The number of aromatic amines is 1. The van der Waals surface area contributed by atoms with Crippen molar-refractivity contribution in [1.82, 2.24) is 10.2 Å². The summed E-state index contributed by atoms with van der Waals surface area (Å²) in [6.45, 7) is 2.69. The maximum absolute atomic E-state index is 12.3. The molecule has 1 N–H and O–H groups in total. The number of nitrogens with zero attached hydrogens (tertiary/aromatic N) is 2. The van der Waals surface area contributed by atoms with Gasteiger partial charge in [0.1, 0.15) is 5.69 Å². The average Bonchev–Trinajstić information content (AvgIpc) is 2.81. The molecule has 2 aromatic rings. The topological polar surface area (TPSA) is 66.1 Å². The highest BCUT2D eigenvalue weighted by Gasteiger charge is 2.26. The number of rotatable bonds is 1. The Morgan fingerprint density at radius 1 is 1.32 bits per heavy atom. The van der Waals surface area contributed by atoms with Crippen molar-refractivity contribution < 1.29 is 4.79 Å². The van der Waals surface area contributed by atoms with Gasteiger partial charge in [0.2, 0.25) is 0 Å². The van der Waals surface area contributed by atoms with E-state index in [-0.39, 0.29) is 17.2 Å². The van der Waals surface area contributed by atoms with Gasteiger partial charge in [0.15, 0.2) is 0 Å². The Labute approximate surface area is 109 Å². The number of hydrogen-bond donors (Lipinski definition) is 1. The summed E-state index contributed by atoms with van der Waals surface area (Å²) in [5, 5.41) is 6.07. The number of aryl methyl sites for hydroxylation is 1. The summed E-state index contributed by atoms with van der Waals surface area (Å²) in [4.78, 5) is 25.0. The second-order valence-corrected chi connectivity index (χ2v) is 4.65. The number of benzene rings is 1. The lowest BCUT2D eigenvalue weighted by atomic mass is 10.1. The zero-order valence-electron chi connectivity index (χ0n) is 10.5. The first-order valence-electron chi connectivity index (χ1n) is 6.12. The van der Waals surface area contributed by atoms with Gasteiger partial charge in [-0.2, -0.15) is 5.10 Å². The molecule has 1 amide bonds. The van der Waals surface area contributed by atoms with E-state index in [2.05, 4.69) is 16.3 Å². The molecule has 2 heterocycles. The van der Waals surface area contributed by atoms with E-state index in [9.17, 15) is 9.59 Å². The van der Waals surface area contributed by atoms with Crippen LogP contribution in [0.3, 0.4) is 0 Å². The third-order valence-electron chi connectivity index (χ3n) is 3.27. The van der Waals surface area contributed by atoms with Gasteiger partial charge in [0.05, 0.1) is 0 Å². The molecular weight excluding hydrogens is 242 g/mol. The Kier molecular flexibility index (Phi) is 2.67. The number of H-pyrrole nitrogens is 1. The van der Waals surface area contributed by atoms with Crippen molar-refractivity contribution in [3.8, 4) is 0 Å². The zero-order chi connectivity index (χ0) is 13.4. The summed E-state index contributed by atoms with van der Waals surface area (Å²) in [6.07, 6.45) is 0.853. The molecule has 0 unspecified atom stereocenters. The van der Waals surface area contributed by atoms with Crippen molar-refractivity contribution in [3.63, 3.8) is 0 Å². The summed E-state index contributed by atoms with van der Waals surface area (Å²) in [5.74, 6) is -0.182. The molecule has 1 aromatic heterocycles. The first kappa shape index (κ1) is 11.6. The first-order chi connectivity index (χ1) is 9.15. The van der Waals surface area contributed by atoms with Gasteiger partial charge in [-0.05, 0) is 31.0 Å². The smallest absolute Gasteiger partial charge is 0.278 e. The number of hydrogen-bond acceptors (Lipinski definition) is 3. The fourth-order valence-corrected chi connectivity index (χ4v) is 2.34. The van der Waals surface area contributed by atoms with Gasteiger partial charge in [0.25, 0.3) is 11.5 Å². The van der Waals surface area contributed by atoms with Gasteiger partial charge in [-0.3, -0.25) is 9.59 Å². The van der Waals surface area contributed by atoms with Crippen LogP contribution in [0.15, 0.2) is 35.1 Å². The van der Waals surface area contributed by atoms with Crippen molar-refractivity contribution in [1.29, 1.82) is 0 Å². The molecule has 0 saturated carbocycles. The average molecular weight is 255 g/mol. The maximum atomic E-state index is 12.3. The zero-order valence-corrected chi connectivity index (χ0v) is 10.5. The molecule has 0 radical (unpaired) electrons. The van der Waals surface area contributed by atoms with Crippen molar-refractivity contribution in [2.75, 3.05) is 11.4 Å². The van der Waals surface area contributed by atoms with E-state index in [1.54, 1.807) is 4.90 Å². The molecule has 0 aliphatic carbocycles. The third kappa shape index (κ3) is 2.03. The van der Waals surface area contributed by atoms with Gasteiger partial charge in [-0.25, -0.2) is 5.10 Å². The molecule has 5 nitrogen and oxygen atoms in total. The monoisotopic (exact) mass is 255 g/mol. The van der Waals surface area contributed by atoms with Crippen LogP contribution in [0.25, 0.3) is 0 Å². The van der Waals surface area contributed by atoms with Crippen molar-refractivity contribution in [2.45, 2.75) is 13.3 Å². The Bertz CT molecular complexity index is 686. The lowest BCUT2D eigenvalue weighted by molar-refractivity contribution is 0.0983. The summed E-state index contributed by atoms with van der Waals surface area (Å²) >= 11 is 0. The largest absolute Gasteiger partial charge is 0.306 e. The maximum Gasteiger partial charge on any atom is 0.278 e. The quantitative estimate of drug-likeness (QED) is 0.834. The molecule has 1 aliphatic heterocycles. The molecule has 0 fully saturated rings. The molecule has 3 rings (SSSR count). The van der Waals surface area contributed by atoms with Gasteiger partial charge < -0.3 is 4.90 Å². The Morgan fingerprint density at radius 3 is 2.89 bits per heavy atom. The molecule has 0 bridgehead atoms. The number of carbonyl (C=O) groups is 1. The number of amides is 1. The van der Waals surface area contributed by atoms with Gasteiger partial charge in [-0.15, -0.1) is 0 Å². The van der Waals surface area contributed by atoms with Gasteiger partial charge in [-0.1, -0.05) is 17.7 Å². The van der Waals surface area contributed by atoms with Crippen LogP contribution in [-0.2, 0) is 6.42 Å². The minimum Gasteiger partial charge on any atom is -0.306 e. The molecule has 0 spiro atoms. The molecule has 96 valence electrons. The fraction of sp³-hybridized carbons (Fsp3) is 0.214. The van der Waals surface area contributed by atoms with E-state index in [0.29, 0.717) is 6.54 Å². The van der Waals surface area contributed by atoms with Crippen LogP contribution in [0.5, 0.6) is 0 Å².